The molecule has 1 heterocycles. The molecule has 1 aliphatic rings. The summed E-state index contributed by atoms with van der Waals surface area (Å²) in [6.07, 6.45) is 4.35. The lowest BCUT2D eigenvalue weighted by Crippen LogP contribution is -2.33. The number of primary amides is 1. The third-order valence-electron chi connectivity index (χ3n) is 3.75. The number of carbonyl (C=O) groups excluding carboxylic acids is 1. The number of hydrogen-bond donors (Lipinski definition) is 2. The Kier molecular flexibility index (Phi) is 3.93. The molecule has 19 heavy (non-hydrogen) atoms. The second-order valence-corrected chi connectivity index (χ2v) is 5.15. The van der Waals surface area contributed by atoms with E-state index in [9.17, 15) is 9.18 Å². The Balaban J connectivity index is 2.42. The highest BCUT2D eigenvalue weighted by atomic mass is 19.1. The van der Waals surface area contributed by atoms with Crippen molar-refractivity contribution in [2.45, 2.75) is 38.6 Å². The third-order valence-corrected chi connectivity index (χ3v) is 3.75. The number of carbonyl (C=O) groups is 1. The van der Waals surface area contributed by atoms with Crippen LogP contribution in [0.5, 0.6) is 0 Å². The van der Waals surface area contributed by atoms with E-state index in [1.54, 1.807) is 0 Å². The Morgan fingerprint density at radius 2 is 2.11 bits per heavy atom. The van der Waals surface area contributed by atoms with Crippen LogP contribution < -0.4 is 16.4 Å². The number of benzene rings is 1. The van der Waals surface area contributed by atoms with Gasteiger partial charge in [-0.1, -0.05) is 12.8 Å². The van der Waals surface area contributed by atoms with Crippen molar-refractivity contribution in [3.05, 3.63) is 23.5 Å². The minimum absolute atomic E-state index is 0.0937. The Bertz CT molecular complexity index is 490. The van der Waals surface area contributed by atoms with Gasteiger partial charge in [0.25, 0.3) is 5.91 Å². The predicted molar refractivity (Wildman–Crippen MR) is 74.6 cm³/mol. The summed E-state index contributed by atoms with van der Waals surface area (Å²) in [5, 5.41) is 0. The van der Waals surface area contributed by atoms with Crippen LogP contribution in [0, 0.1) is 5.82 Å². The normalized spacial score (nSPS) is 20.1. The molecule has 1 unspecified atom stereocenters. The lowest BCUT2D eigenvalue weighted by Gasteiger charge is -2.30. The fraction of sp³-hybridized carbons (Fsp3) is 0.500. The summed E-state index contributed by atoms with van der Waals surface area (Å²) < 4.78 is 14.1. The maximum atomic E-state index is 14.1. The molecule has 104 valence electrons. The van der Waals surface area contributed by atoms with Crippen molar-refractivity contribution in [1.82, 2.24) is 0 Å². The van der Waals surface area contributed by atoms with E-state index in [0.29, 0.717) is 5.69 Å². The Morgan fingerprint density at radius 1 is 1.37 bits per heavy atom. The maximum absolute atomic E-state index is 14.1. The van der Waals surface area contributed by atoms with Gasteiger partial charge in [0.15, 0.2) is 0 Å². The van der Waals surface area contributed by atoms with E-state index in [4.69, 9.17) is 11.5 Å². The van der Waals surface area contributed by atoms with E-state index in [1.165, 1.54) is 12.1 Å². The van der Waals surface area contributed by atoms with Crippen LogP contribution in [-0.2, 0) is 0 Å². The van der Waals surface area contributed by atoms with Crippen LogP contribution in [0.4, 0.5) is 15.8 Å². The first-order chi connectivity index (χ1) is 9.00. The maximum Gasteiger partial charge on any atom is 0.250 e. The van der Waals surface area contributed by atoms with Gasteiger partial charge in [0.05, 0.1) is 11.3 Å². The van der Waals surface area contributed by atoms with Gasteiger partial charge in [-0.2, -0.15) is 0 Å². The molecule has 1 aromatic carbocycles. The Labute approximate surface area is 112 Å². The fourth-order valence-corrected chi connectivity index (χ4v) is 2.64. The van der Waals surface area contributed by atoms with E-state index >= 15 is 0 Å². The molecule has 0 aliphatic carbocycles. The van der Waals surface area contributed by atoms with Gasteiger partial charge in [0.2, 0.25) is 0 Å². The number of rotatable bonds is 2. The lowest BCUT2D eigenvalue weighted by molar-refractivity contribution is 0.100. The van der Waals surface area contributed by atoms with Crippen molar-refractivity contribution in [2.24, 2.45) is 5.73 Å². The van der Waals surface area contributed by atoms with Gasteiger partial charge >= 0.3 is 0 Å². The highest BCUT2D eigenvalue weighted by Crippen LogP contribution is 2.29. The highest BCUT2D eigenvalue weighted by Gasteiger charge is 2.22. The number of hydrogen-bond acceptors (Lipinski definition) is 3. The van der Waals surface area contributed by atoms with Crippen molar-refractivity contribution in [3.8, 4) is 0 Å². The molecule has 1 fully saturated rings. The summed E-state index contributed by atoms with van der Waals surface area (Å²) in [7, 11) is 0. The summed E-state index contributed by atoms with van der Waals surface area (Å²) in [5.41, 5.74) is 11.6. The standard InChI is InChI=1S/C14H20FN3O/c1-9-5-3-2-4-6-18(9)13-7-10(14(17)19)12(16)8-11(13)15/h7-9H,2-6,16H2,1H3,(H2,17,19). The van der Waals surface area contributed by atoms with E-state index < -0.39 is 11.7 Å². The molecular formula is C14H20FN3O. The zero-order valence-corrected chi connectivity index (χ0v) is 11.2. The number of nitrogens with zero attached hydrogens (tertiary/aromatic N) is 1. The van der Waals surface area contributed by atoms with Crippen LogP contribution >= 0.6 is 0 Å². The van der Waals surface area contributed by atoms with Gasteiger partial charge in [0, 0.05) is 18.3 Å². The van der Waals surface area contributed by atoms with Gasteiger partial charge < -0.3 is 16.4 Å². The summed E-state index contributed by atoms with van der Waals surface area (Å²) >= 11 is 0. The smallest absolute Gasteiger partial charge is 0.250 e. The summed E-state index contributed by atoms with van der Waals surface area (Å²) in [6, 6.07) is 2.92. The monoisotopic (exact) mass is 265 g/mol. The summed E-state index contributed by atoms with van der Waals surface area (Å²) in [4.78, 5) is 13.3. The molecule has 2 rings (SSSR count). The average molecular weight is 265 g/mol. The van der Waals surface area contributed by atoms with Crippen LogP contribution in [-0.4, -0.2) is 18.5 Å². The zero-order valence-electron chi connectivity index (χ0n) is 11.2. The minimum atomic E-state index is -0.624. The molecule has 4 N–H and O–H groups in total. The average Bonchev–Trinajstić information content (AvgIpc) is 2.54. The first-order valence-electron chi connectivity index (χ1n) is 6.66. The van der Waals surface area contributed by atoms with Crippen LogP contribution in [0.1, 0.15) is 43.0 Å². The molecule has 0 bridgehead atoms. The largest absolute Gasteiger partial charge is 0.398 e. The van der Waals surface area contributed by atoms with Crippen molar-refractivity contribution in [1.29, 1.82) is 0 Å². The van der Waals surface area contributed by atoms with Gasteiger partial charge in [-0.05, 0) is 31.9 Å². The third kappa shape index (κ3) is 2.80. The molecule has 0 saturated carbocycles. The predicted octanol–water partition coefficient (Wildman–Crippen LogP) is 2.28. The van der Waals surface area contributed by atoms with E-state index in [2.05, 4.69) is 6.92 Å². The first kappa shape index (κ1) is 13.6. The van der Waals surface area contributed by atoms with Gasteiger partial charge in [-0.15, -0.1) is 0 Å². The van der Waals surface area contributed by atoms with Gasteiger partial charge in [-0.3, -0.25) is 4.79 Å². The number of nitrogens with two attached hydrogens (primary N) is 2. The van der Waals surface area contributed by atoms with E-state index in [-0.39, 0.29) is 17.3 Å². The van der Waals surface area contributed by atoms with Crippen LogP contribution in [0.15, 0.2) is 12.1 Å². The van der Waals surface area contributed by atoms with Gasteiger partial charge in [-0.25, -0.2) is 4.39 Å². The zero-order chi connectivity index (χ0) is 14.0. The summed E-state index contributed by atoms with van der Waals surface area (Å²) in [5.74, 6) is -1.02. The molecule has 0 aromatic heterocycles. The molecule has 0 radical (unpaired) electrons. The lowest BCUT2D eigenvalue weighted by atomic mass is 10.1. The van der Waals surface area contributed by atoms with E-state index in [1.807, 2.05) is 4.90 Å². The van der Waals surface area contributed by atoms with Crippen LogP contribution in [0.25, 0.3) is 0 Å². The quantitative estimate of drug-likeness (QED) is 0.806. The number of amides is 1. The number of anilines is 2. The molecule has 1 aromatic rings. The second kappa shape index (κ2) is 5.47. The first-order valence-corrected chi connectivity index (χ1v) is 6.66. The number of nitrogen functional groups attached to an aromatic ring is 1. The Hall–Kier alpha value is -1.78. The van der Waals surface area contributed by atoms with Crippen molar-refractivity contribution < 1.29 is 9.18 Å². The van der Waals surface area contributed by atoms with Crippen molar-refractivity contribution >= 4 is 17.3 Å². The molecule has 1 aliphatic heterocycles. The van der Waals surface area contributed by atoms with Gasteiger partial charge in [0.1, 0.15) is 5.82 Å². The molecule has 1 amide bonds. The number of halogens is 1. The van der Waals surface area contributed by atoms with E-state index in [0.717, 1.165) is 32.2 Å². The summed E-state index contributed by atoms with van der Waals surface area (Å²) in [6.45, 7) is 2.87. The second-order valence-electron chi connectivity index (χ2n) is 5.15. The Morgan fingerprint density at radius 3 is 2.79 bits per heavy atom. The molecule has 0 spiro atoms. The fourth-order valence-electron chi connectivity index (χ4n) is 2.64. The molecule has 1 saturated heterocycles. The topological polar surface area (TPSA) is 72.3 Å². The van der Waals surface area contributed by atoms with Crippen LogP contribution in [0.3, 0.4) is 0 Å². The van der Waals surface area contributed by atoms with Crippen molar-refractivity contribution in [3.63, 3.8) is 0 Å². The molecule has 1 atom stereocenters. The van der Waals surface area contributed by atoms with Crippen LogP contribution in [0.2, 0.25) is 0 Å². The molecule has 4 nitrogen and oxygen atoms in total. The highest BCUT2D eigenvalue weighted by molar-refractivity contribution is 5.99. The van der Waals surface area contributed by atoms with Crippen molar-refractivity contribution in [2.75, 3.05) is 17.2 Å². The minimum Gasteiger partial charge on any atom is -0.398 e. The SMILES string of the molecule is CC1CCCCCN1c1cc(C(N)=O)c(N)cc1F. The molecule has 5 heteroatoms. The molecular weight excluding hydrogens is 245 g/mol.